The zero-order valence-corrected chi connectivity index (χ0v) is 20.0. The van der Waals surface area contributed by atoms with Gasteiger partial charge in [0.1, 0.15) is 12.4 Å². The van der Waals surface area contributed by atoms with Gasteiger partial charge in [-0.1, -0.05) is 33.6 Å². The van der Waals surface area contributed by atoms with E-state index in [9.17, 15) is 4.39 Å². The van der Waals surface area contributed by atoms with Gasteiger partial charge in [-0.25, -0.2) is 4.39 Å². The molecule has 0 saturated heterocycles. The molecule has 4 aliphatic rings. The summed E-state index contributed by atoms with van der Waals surface area (Å²) in [6.45, 7) is 1.06. The van der Waals surface area contributed by atoms with Crippen molar-refractivity contribution in [2.75, 3.05) is 7.11 Å². The molecule has 6 rings (SSSR count). The molecule has 3 nitrogen and oxygen atoms in total. The number of nitrogens with one attached hydrogen (secondary N) is 1. The van der Waals surface area contributed by atoms with Crippen molar-refractivity contribution in [3.05, 3.63) is 56.8 Å². The molecular formula is C25H28BrClFNO2. The molecule has 0 spiro atoms. The fraction of sp³-hybridized carbons (Fsp3) is 0.520. The Balaban J connectivity index is 1.26. The molecule has 0 heterocycles. The van der Waals surface area contributed by atoms with Crippen molar-refractivity contribution in [2.24, 2.45) is 23.7 Å². The summed E-state index contributed by atoms with van der Waals surface area (Å²) in [5, 5.41) is 4.24. The summed E-state index contributed by atoms with van der Waals surface area (Å²) in [6, 6.07) is 8.95. The van der Waals surface area contributed by atoms with Gasteiger partial charge >= 0.3 is 0 Å². The molecule has 4 aliphatic carbocycles. The van der Waals surface area contributed by atoms with Crippen LogP contribution < -0.4 is 14.8 Å². The summed E-state index contributed by atoms with van der Waals surface area (Å²) < 4.78 is 25.8. The highest BCUT2D eigenvalue weighted by atomic mass is 79.9. The summed E-state index contributed by atoms with van der Waals surface area (Å²) in [7, 11) is 1.65. The van der Waals surface area contributed by atoms with Crippen molar-refractivity contribution in [3.8, 4) is 11.5 Å². The van der Waals surface area contributed by atoms with E-state index in [2.05, 4.69) is 21.2 Å². The molecule has 4 bridgehead atoms. The van der Waals surface area contributed by atoms with E-state index in [0.717, 1.165) is 45.8 Å². The molecule has 0 radical (unpaired) electrons. The lowest BCUT2D eigenvalue weighted by Gasteiger charge is -2.54. The molecule has 0 aromatic heterocycles. The second-order valence-corrected chi connectivity index (χ2v) is 10.7. The lowest BCUT2D eigenvalue weighted by Crippen LogP contribution is -2.54. The Hall–Kier alpha value is -1.30. The fourth-order valence-corrected chi connectivity index (χ4v) is 6.95. The van der Waals surface area contributed by atoms with Crippen LogP contribution in [0.5, 0.6) is 11.5 Å². The van der Waals surface area contributed by atoms with Crippen molar-refractivity contribution in [2.45, 2.75) is 51.3 Å². The van der Waals surface area contributed by atoms with Gasteiger partial charge in [-0.3, -0.25) is 0 Å². The molecule has 4 saturated carbocycles. The normalized spacial score (nSPS) is 28.7. The molecule has 0 amide bonds. The monoisotopic (exact) mass is 507 g/mol. The first-order valence-corrected chi connectivity index (χ1v) is 12.3. The topological polar surface area (TPSA) is 30.5 Å². The first-order chi connectivity index (χ1) is 15.0. The van der Waals surface area contributed by atoms with Crippen molar-refractivity contribution in [1.29, 1.82) is 0 Å². The van der Waals surface area contributed by atoms with Crippen LogP contribution in [0.2, 0.25) is 5.02 Å². The van der Waals surface area contributed by atoms with Gasteiger partial charge in [0.25, 0.3) is 0 Å². The van der Waals surface area contributed by atoms with Gasteiger partial charge in [-0.05, 0) is 85.6 Å². The summed E-state index contributed by atoms with van der Waals surface area (Å²) in [5.41, 5.74) is 1.90. The first-order valence-electron chi connectivity index (χ1n) is 11.2. The number of methoxy groups -OCH3 is 1. The lowest BCUT2D eigenvalue weighted by atomic mass is 9.54. The van der Waals surface area contributed by atoms with E-state index in [1.165, 1.54) is 44.2 Å². The molecule has 4 fully saturated rings. The number of halogens is 3. The summed E-state index contributed by atoms with van der Waals surface area (Å²) in [6.07, 6.45) is 7.12. The molecule has 31 heavy (non-hydrogen) atoms. The Bertz CT molecular complexity index is 941. The minimum Gasteiger partial charge on any atom is -0.493 e. The Kier molecular flexibility index (Phi) is 6.19. The number of hydrogen-bond donors (Lipinski definition) is 1. The smallest absolute Gasteiger partial charge is 0.162 e. The summed E-state index contributed by atoms with van der Waals surface area (Å²) in [4.78, 5) is 0. The Morgan fingerprint density at radius 1 is 1.00 bits per heavy atom. The molecular weight excluding hydrogens is 481 g/mol. The Morgan fingerprint density at radius 2 is 1.71 bits per heavy atom. The second-order valence-electron chi connectivity index (χ2n) is 9.46. The van der Waals surface area contributed by atoms with E-state index in [4.69, 9.17) is 21.1 Å². The van der Waals surface area contributed by atoms with Crippen LogP contribution in [0.25, 0.3) is 0 Å². The van der Waals surface area contributed by atoms with Gasteiger partial charge < -0.3 is 14.8 Å². The number of hydrogen-bond acceptors (Lipinski definition) is 3. The van der Waals surface area contributed by atoms with Gasteiger partial charge in [0.05, 0.1) is 12.1 Å². The predicted octanol–water partition coefficient (Wildman–Crippen LogP) is 6.74. The molecule has 0 aliphatic heterocycles. The third-order valence-corrected chi connectivity index (χ3v) is 8.58. The maximum absolute atomic E-state index is 13.3. The zero-order chi connectivity index (χ0) is 21.5. The van der Waals surface area contributed by atoms with E-state index in [1.807, 2.05) is 12.1 Å². The number of rotatable bonds is 7. The van der Waals surface area contributed by atoms with E-state index in [-0.39, 0.29) is 12.4 Å². The maximum Gasteiger partial charge on any atom is 0.162 e. The lowest BCUT2D eigenvalue weighted by molar-refractivity contribution is -0.0142. The van der Waals surface area contributed by atoms with Crippen LogP contribution in [0.4, 0.5) is 4.39 Å². The standard InChI is InChI=1S/C25H28BrClFNO2/c1-30-23-9-19(12-29-25-17-5-14-4-15(7-17)8-18(25)6-14)21(26)11-24(23)31-13-16-2-3-20(28)10-22(16)27/h2-3,9-11,14-15,17-18,25,29H,4-8,12-13H2,1H3. The van der Waals surface area contributed by atoms with Gasteiger partial charge in [0.2, 0.25) is 0 Å². The van der Waals surface area contributed by atoms with Crippen LogP contribution in [0.15, 0.2) is 34.8 Å². The minimum atomic E-state index is -0.356. The quantitative estimate of drug-likeness (QED) is 0.449. The molecule has 1 N–H and O–H groups in total. The second kappa shape index (κ2) is 8.92. The fourth-order valence-electron chi connectivity index (χ4n) is 6.27. The van der Waals surface area contributed by atoms with Crippen LogP contribution >= 0.6 is 27.5 Å². The molecule has 0 atom stereocenters. The Morgan fingerprint density at radius 3 is 2.35 bits per heavy atom. The van der Waals surface area contributed by atoms with Crippen molar-refractivity contribution >= 4 is 27.5 Å². The molecule has 166 valence electrons. The highest BCUT2D eigenvalue weighted by molar-refractivity contribution is 9.10. The number of ether oxygens (including phenoxy) is 2. The van der Waals surface area contributed by atoms with Gasteiger partial charge in [0.15, 0.2) is 11.5 Å². The zero-order valence-electron chi connectivity index (χ0n) is 17.7. The van der Waals surface area contributed by atoms with Crippen LogP contribution in [0.1, 0.15) is 43.2 Å². The third-order valence-electron chi connectivity index (χ3n) is 7.49. The first kappa shape index (κ1) is 21.5. The third kappa shape index (κ3) is 4.46. The van der Waals surface area contributed by atoms with Crippen LogP contribution in [0, 0.1) is 29.5 Å². The van der Waals surface area contributed by atoms with Crippen molar-refractivity contribution < 1.29 is 13.9 Å². The van der Waals surface area contributed by atoms with Crippen LogP contribution in [-0.4, -0.2) is 13.2 Å². The minimum absolute atomic E-state index is 0.243. The van der Waals surface area contributed by atoms with Crippen LogP contribution in [-0.2, 0) is 13.2 Å². The summed E-state index contributed by atoms with van der Waals surface area (Å²) >= 11 is 9.84. The molecule has 2 aromatic rings. The van der Waals surface area contributed by atoms with Gasteiger partial charge in [-0.15, -0.1) is 0 Å². The van der Waals surface area contributed by atoms with Gasteiger partial charge in [0, 0.05) is 22.6 Å². The van der Waals surface area contributed by atoms with E-state index in [0.29, 0.717) is 22.6 Å². The average molecular weight is 509 g/mol. The molecule has 2 aromatic carbocycles. The predicted molar refractivity (Wildman–Crippen MR) is 124 cm³/mol. The van der Waals surface area contributed by atoms with Crippen molar-refractivity contribution in [3.63, 3.8) is 0 Å². The van der Waals surface area contributed by atoms with Crippen molar-refractivity contribution in [1.82, 2.24) is 5.32 Å². The molecule has 0 unspecified atom stereocenters. The maximum atomic E-state index is 13.3. The highest BCUT2D eigenvalue weighted by Crippen LogP contribution is 2.53. The SMILES string of the molecule is COc1cc(CNC2C3CC4CC(C3)CC2C4)c(Br)cc1OCc1ccc(F)cc1Cl. The van der Waals surface area contributed by atoms with Crippen LogP contribution in [0.3, 0.4) is 0 Å². The average Bonchev–Trinajstić information content (AvgIpc) is 2.73. The summed E-state index contributed by atoms with van der Waals surface area (Å²) in [5.74, 6) is 4.62. The molecule has 6 heteroatoms. The number of benzene rings is 2. The van der Waals surface area contributed by atoms with Gasteiger partial charge in [-0.2, -0.15) is 0 Å². The highest BCUT2D eigenvalue weighted by Gasteiger charge is 2.47. The van der Waals surface area contributed by atoms with E-state index >= 15 is 0 Å². The van der Waals surface area contributed by atoms with E-state index < -0.39 is 0 Å². The Labute approximate surface area is 196 Å². The van der Waals surface area contributed by atoms with E-state index in [1.54, 1.807) is 13.2 Å². The largest absolute Gasteiger partial charge is 0.493 e.